The van der Waals surface area contributed by atoms with Gasteiger partial charge in [-0.25, -0.2) is 4.98 Å². The van der Waals surface area contributed by atoms with E-state index in [2.05, 4.69) is 43.4 Å². The molecule has 1 heterocycles. The lowest BCUT2D eigenvalue weighted by molar-refractivity contribution is -0.00166. The molecule has 0 aliphatic carbocycles. The lowest BCUT2D eigenvalue weighted by Crippen LogP contribution is -2.25. The zero-order valence-electron chi connectivity index (χ0n) is 11.5. The van der Waals surface area contributed by atoms with Gasteiger partial charge in [0.05, 0.1) is 5.69 Å². The first-order valence-electron chi connectivity index (χ1n) is 6.25. The lowest BCUT2D eigenvalue weighted by atomic mass is 10.1. The number of hydrogen-bond donors (Lipinski definition) is 1. The lowest BCUT2D eigenvalue weighted by Gasteiger charge is -2.23. The van der Waals surface area contributed by atoms with Gasteiger partial charge in [-0.3, -0.25) is 0 Å². The molecule has 1 rings (SSSR count). The Morgan fingerprint density at radius 1 is 1.53 bits per heavy atom. The van der Waals surface area contributed by atoms with Gasteiger partial charge in [0.15, 0.2) is 0 Å². The summed E-state index contributed by atoms with van der Waals surface area (Å²) in [6, 6.07) is 0.535. The molecule has 0 aromatic carbocycles. The molecule has 0 fully saturated rings. The molecule has 0 bridgehead atoms. The van der Waals surface area contributed by atoms with Crippen LogP contribution in [-0.4, -0.2) is 24.7 Å². The zero-order chi connectivity index (χ0) is 12.9. The smallest absolute Gasteiger partial charge is 0.125 e. The zero-order valence-corrected chi connectivity index (χ0v) is 12.4. The Labute approximate surface area is 109 Å². The summed E-state index contributed by atoms with van der Waals surface area (Å²) in [6.45, 7) is 9.53. The molecule has 1 atom stereocenters. The highest BCUT2D eigenvalue weighted by molar-refractivity contribution is 7.09. The van der Waals surface area contributed by atoms with Crippen LogP contribution in [0.4, 0.5) is 0 Å². The van der Waals surface area contributed by atoms with E-state index in [1.54, 1.807) is 18.4 Å². The van der Waals surface area contributed by atoms with E-state index in [9.17, 15) is 0 Å². The van der Waals surface area contributed by atoms with E-state index in [-0.39, 0.29) is 5.60 Å². The third-order valence-electron chi connectivity index (χ3n) is 3.06. The molecule has 0 spiro atoms. The van der Waals surface area contributed by atoms with E-state index >= 15 is 0 Å². The molecular formula is C13H24N2OS. The summed E-state index contributed by atoms with van der Waals surface area (Å²) >= 11 is 1.70. The summed E-state index contributed by atoms with van der Waals surface area (Å²) in [7, 11) is 1.75. The van der Waals surface area contributed by atoms with Gasteiger partial charge in [-0.15, -0.1) is 11.3 Å². The van der Waals surface area contributed by atoms with Crippen molar-refractivity contribution in [1.82, 2.24) is 10.3 Å². The van der Waals surface area contributed by atoms with Gasteiger partial charge in [-0.05, 0) is 13.3 Å². The SMILES string of the molecule is CCC(C)(OC)c1nc(CCNC(C)C)cs1. The van der Waals surface area contributed by atoms with E-state index in [1.807, 2.05) is 0 Å². The number of rotatable bonds is 7. The number of hydrogen-bond acceptors (Lipinski definition) is 4. The second-order valence-corrected chi connectivity index (χ2v) is 5.65. The molecule has 3 nitrogen and oxygen atoms in total. The highest BCUT2D eigenvalue weighted by Gasteiger charge is 2.27. The fraction of sp³-hybridized carbons (Fsp3) is 0.769. The van der Waals surface area contributed by atoms with Crippen molar-refractivity contribution in [3.05, 3.63) is 16.1 Å². The molecule has 1 unspecified atom stereocenters. The largest absolute Gasteiger partial charge is 0.371 e. The van der Waals surface area contributed by atoms with Crippen molar-refractivity contribution < 1.29 is 4.74 Å². The number of nitrogens with one attached hydrogen (secondary N) is 1. The van der Waals surface area contributed by atoms with Crippen LogP contribution in [-0.2, 0) is 16.8 Å². The topological polar surface area (TPSA) is 34.1 Å². The standard InChI is InChI=1S/C13H24N2OS/c1-6-13(4,16-5)12-15-11(9-17-12)7-8-14-10(2)3/h9-10,14H,6-8H2,1-5H3. The van der Waals surface area contributed by atoms with Crippen LogP contribution < -0.4 is 5.32 Å². The third kappa shape index (κ3) is 4.05. The van der Waals surface area contributed by atoms with Crippen molar-refractivity contribution in [3.63, 3.8) is 0 Å². The molecule has 0 aliphatic heterocycles. The molecule has 1 aromatic heterocycles. The highest BCUT2D eigenvalue weighted by Crippen LogP contribution is 2.30. The van der Waals surface area contributed by atoms with Gasteiger partial charge >= 0.3 is 0 Å². The summed E-state index contributed by atoms with van der Waals surface area (Å²) in [6.07, 6.45) is 1.93. The van der Waals surface area contributed by atoms with Crippen LogP contribution in [0, 0.1) is 0 Å². The van der Waals surface area contributed by atoms with Gasteiger partial charge in [-0.2, -0.15) is 0 Å². The summed E-state index contributed by atoms with van der Waals surface area (Å²) in [5.74, 6) is 0. The summed E-state index contributed by atoms with van der Waals surface area (Å²) in [5.41, 5.74) is 0.934. The molecule has 0 radical (unpaired) electrons. The minimum Gasteiger partial charge on any atom is -0.371 e. The molecule has 0 aliphatic rings. The Kier molecular flexibility index (Phi) is 5.56. The molecule has 1 aromatic rings. The van der Waals surface area contributed by atoms with E-state index in [4.69, 9.17) is 4.74 Å². The normalized spacial score (nSPS) is 15.2. The summed E-state index contributed by atoms with van der Waals surface area (Å²) < 4.78 is 5.56. The molecule has 0 saturated heterocycles. The quantitative estimate of drug-likeness (QED) is 0.814. The van der Waals surface area contributed by atoms with E-state index in [1.165, 1.54) is 0 Å². The molecule has 98 valence electrons. The van der Waals surface area contributed by atoms with Gasteiger partial charge in [-0.1, -0.05) is 20.8 Å². The van der Waals surface area contributed by atoms with E-state index < -0.39 is 0 Å². The van der Waals surface area contributed by atoms with Crippen LogP contribution in [0.3, 0.4) is 0 Å². The minimum absolute atomic E-state index is 0.228. The number of thiazole rings is 1. The van der Waals surface area contributed by atoms with Gasteiger partial charge in [0.1, 0.15) is 10.6 Å². The molecule has 0 amide bonds. The maximum atomic E-state index is 5.56. The monoisotopic (exact) mass is 256 g/mol. The van der Waals surface area contributed by atoms with Crippen molar-refractivity contribution in [2.75, 3.05) is 13.7 Å². The Bertz CT molecular complexity index is 332. The van der Waals surface area contributed by atoms with Gasteiger partial charge < -0.3 is 10.1 Å². The van der Waals surface area contributed by atoms with Crippen LogP contribution in [0.1, 0.15) is 44.8 Å². The minimum atomic E-state index is -0.228. The number of nitrogens with zero attached hydrogens (tertiary/aromatic N) is 1. The van der Waals surface area contributed by atoms with Crippen LogP contribution >= 0.6 is 11.3 Å². The number of ether oxygens (including phenoxy) is 1. The fourth-order valence-corrected chi connectivity index (χ4v) is 2.60. The highest BCUT2D eigenvalue weighted by atomic mass is 32.1. The molecule has 4 heteroatoms. The van der Waals surface area contributed by atoms with Gasteiger partial charge in [0, 0.05) is 31.5 Å². The first-order valence-corrected chi connectivity index (χ1v) is 7.13. The summed E-state index contributed by atoms with van der Waals surface area (Å²) in [5, 5.41) is 6.63. The Balaban J connectivity index is 2.59. The summed E-state index contributed by atoms with van der Waals surface area (Å²) in [4.78, 5) is 4.67. The third-order valence-corrected chi connectivity index (χ3v) is 4.20. The molecule has 0 saturated carbocycles. The number of methoxy groups -OCH3 is 1. The molecule has 17 heavy (non-hydrogen) atoms. The first kappa shape index (κ1) is 14.6. The van der Waals surface area contributed by atoms with E-state index in [0.29, 0.717) is 6.04 Å². The Morgan fingerprint density at radius 3 is 2.76 bits per heavy atom. The predicted octanol–water partition coefficient (Wildman–Crippen LogP) is 2.96. The molecular weight excluding hydrogens is 232 g/mol. The molecule has 1 N–H and O–H groups in total. The van der Waals surface area contributed by atoms with Crippen LogP contribution in [0.15, 0.2) is 5.38 Å². The van der Waals surface area contributed by atoms with Gasteiger partial charge in [0.25, 0.3) is 0 Å². The Morgan fingerprint density at radius 2 is 2.24 bits per heavy atom. The second kappa shape index (κ2) is 6.47. The van der Waals surface area contributed by atoms with E-state index in [0.717, 1.165) is 30.1 Å². The van der Waals surface area contributed by atoms with Crippen molar-refractivity contribution in [3.8, 4) is 0 Å². The van der Waals surface area contributed by atoms with Crippen LogP contribution in [0.5, 0.6) is 0 Å². The number of aromatic nitrogens is 1. The average molecular weight is 256 g/mol. The maximum Gasteiger partial charge on any atom is 0.125 e. The maximum absolute atomic E-state index is 5.56. The van der Waals surface area contributed by atoms with Crippen LogP contribution in [0.25, 0.3) is 0 Å². The Hall–Kier alpha value is -0.450. The first-order chi connectivity index (χ1) is 8.01. The van der Waals surface area contributed by atoms with Crippen molar-refractivity contribution in [2.24, 2.45) is 0 Å². The predicted molar refractivity (Wildman–Crippen MR) is 73.6 cm³/mol. The second-order valence-electron chi connectivity index (χ2n) is 4.79. The van der Waals surface area contributed by atoms with Crippen molar-refractivity contribution in [1.29, 1.82) is 0 Å². The van der Waals surface area contributed by atoms with Crippen molar-refractivity contribution >= 4 is 11.3 Å². The average Bonchev–Trinajstić information content (AvgIpc) is 2.77. The van der Waals surface area contributed by atoms with Crippen LogP contribution in [0.2, 0.25) is 0 Å². The van der Waals surface area contributed by atoms with Crippen molar-refractivity contribution in [2.45, 2.75) is 52.2 Å². The fourth-order valence-electron chi connectivity index (χ4n) is 1.54. The van der Waals surface area contributed by atoms with Gasteiger partial charge in [0.2, 0.25) is 0 Å².